The molecule has 0 aliphatic heterocycles. The minimum atomic E-state index is -1.04. The Kier molecular flexibility index (Phi) is 6.63. The minimum absolute atomic E-state index is 0.271. The lowest BCUT2D eigenvalue weighted by molar-refractivity contribution is -0.123. The van der Waals surface area contributed by atoms with Crippen LogP contribution in [0.4, 0.5) is 10.1 Å². The number of aromatic nitrogens is 1. The molecule has 0 bridgehead atoms. The fraction of sp³-hybridized carbons (Fsp3) is 0.238. The second-order valence-corrected chi connectivity index (χ2v) is 8.69. The molecule has 2 N–H and O–H groups in total. The average molecular weight is 444 g/mol. The average Bonchev–Trinajstić information content (AvgIpc) is 3.26. The third-order valence-corrected chi connectivity index (χ3v) is 6.22. The zero-order valence-electron chi connectivity index (χ0n) is 16.9. The van der Waals surface area contributed by atoms with E-state index in [2.05, 4.69) is 15.6 Å². The molecule has 0 radical (unpaired) electrons. The van der Waals surface area contributed by atoms with Gasteiger partial charge in [0.05, 0.1) is 11.3 Å². The van der Waals surface area contributed by atoms with Crippen molar-refractivity contribution in [2.75, 3.05) is 10.6 Å². The van der Waals surface area contributed by atoms with Crippen LogP contribution in [0.15, 0.2) is 35.7 Å². The summed E-state index contributed by atoms with van der Waals surface area (Å²) in [5.74, 6) is -1.43. The van der Waals surface area contributed by atoms with E-state index in [0.29, 0.717) is 15.7 Å². The fourth-order valence-electron chi connectivity index (χ4n) is 2.67. The van der Waals surface area contributed by atoms with Crippen molar-refractivity contribution in [3.63, 3.8) is 0 Å². The molecule has 0 unspecified atom stereocenters. The normalized spacial score (nSPS) is 11.6. The van der Waals surface area contributed by atoms with E-state index in [1.165, 1.54) is 36.5 Å². The topological polar surface area (TPSA) is 97.4 Å². The number of anilines is 2. The number of carbonyl (C=O) groups excluding carboxylic acids is 3. The van der Waals surface area contributed by atoms with Crippen LogP contribution in [0, 0.1) is 13.8 Å². The van der Waals surface area contributed by atoms with Crippen LogP contribution in [0.25, 0.3) is 11.3 Å². The van der Waals surface area contributed by atoms with Crippen molar-refractivity contribution in [2.24, 2.45) is 0 Å². The first kappa shape index (κ1) is 21.7. The highest BCUT2D eigenvalue weighted by molar-refractivity contribution is 7.16. The molecule has 0 aliphatic rings. The Balaban J connectivity index is 1.67. The van der Waals surface area contributed by atoms with Gasteiger partial charge in [-0.15, -0.1) is 22.7 Å². The van der Waals surface area contributed by atoms with Gasteiger partial charge < -0.3 is 10.1 Å². The third kappa shape index (κ3) is 4.92. The van der Waals surface area contributed by atoms with Crippen molar-refractivity contribution < 1.29 is 19.1 Å². The Hall–Kier alpha value is -3.04. The number of amides is 2. The van der Waals surface area contributed by atoms with Gasteiger partial charge in [0.1, 0.15) is 5.00 Å². The van der Waals surface area contributed by atoms with E-state index < -0.39 is 18.0 Å². The van der Waals surface area contributed by atoms with E-state index in [0.717, 1.165) is 16.1 Å². The van der Waals surface area contributed by atoms with Crippen molar-refractivity contribution in [2.45, 2.75) is 33.8 Å². The van der Waals surface area contributed by atoms with Crippen molar-refractivity contribution in [3.8, 4) is 11.3 Å². The Morgan fingerprint density at radius 1 is 1.10 bits per heavy atom. The third-order valence-electron chi connectivity index (χ3n) is 4.34. The quantitative estimate of drug-likeness (QED) is 0.541. The van der Waals surface area contributed by atoms with E-state index >= 15 is 0 Å². The van der Waals surface area contributed by atoms with E-state index in [1.54, 1.807) is 6.92 Å². The lowest BCUT2D eigenvalue weighted by atomic mass is 10.1. The van der Waals surface area contributed by atoms with Gasteiger partial charge in [-0.3, -0.25) is 14.9 Å². The predicted molar refractivity (Wildman–Crippen MR) is 119 cm³/mol. The van der Waals surface area contributed by atoms with Crippen LogP contribution >= 0.6 is 22.7 Å². The standard InChI is InChI=1S/C21H21N3O4S2/c1-11-13(3)30-19(22-14(4)25)17(11)20(27)28-12(2)18(26)24-21-23-16(10-29-21)15-8-6-5-7-9-15/h5-10,12H,1-4H3,(H,22,25)(H,23,24,26)/t12-/m0/s1. The number of nitrogens with one attached hydrogen (secondary N) is 2. The number of benzene rings is 1. The molecule has 1 atom stereocenters. The molecule has 0 aliphatic carbocycles. The maximum Gasteiger partial charge on any atom is 0.342 e. The van der Waals surface area contributed by atoms with Crippen molar-refractivity contribution >= 4 is 50.6 Å². The molecule has 0 spiro atoms. The maximum atomic E-state index is 12.7. The molecule has 3 aromatic rings. The first-order chi connectivity index (χ1) is 14.3. The summed E-state index contributed by atoms with van der Waals surface area (Å²) in [4.78, 5) is 41.9. The number of thiophene rings is 1. The summed E-state index contributed by atoms with van der Waals surface area (Å²) in [6.07, 6.45) is -1.04. The second kappa shape index (κ2) is 9.19. The first-order valence-electron chi connectivity index (χ1n) is 9.16. The van der Waals surface area contributed by atoms with Crippen molar-refractivity contribution in [1.29, 1.82) is 0 Å². The van der Waals surface area contributed by atoms with Gasteiger partial charge in [-0.1, -0.05) is 30.3 Å². The molecule has 7 nitrogen and oxygen atoms in total. The number of thiazole rings is 1. The zero-order valence-corrected chi connectivity index (χ0v) is 18.6. The monoisotopic (exact) mass is 443 g/mol. The molecule has 0 saturated heterocycles. The molecule has 1 aromatic carbocycles. The molecule has 3 rings (SSSR count). The maximum absolute atomic E-state index is 12.7. The number of aryl methyl sites for hydroxylation is 1. The van der Waals surface area contributed by atoms with Gasteiger partial charge in [-0.05, 0) is 26.3 Å². The van der Waals surface area contributed by atoms with Crippen molar-refractivity contribution in [3.05, 3.63) is 51.7 Å². The molecule has 0 fully saturated rings. The summed E-state index contributed by atoms with van der Waals surface area (Å²) in [5, 5.41) is 8.01. The Morgan fingerprint density at radius 2 is 1.80 bits per heavy atom. The summed E-state index contributed by atoms with van der Waals surface area (Å²) < 4.78 is 5.36. The zero-order chi connectivity index (χ0) is 21.8. The summed E-state index contributed by atoms with van der Waals surface area (Å²) >= 11 is 2.59. The smallest absolute Gasteiger partial charge is 0.342 e. The van der Waals surface area contributed by atoms with Crippen LogP contribution < -0.4 is 10.6 Å². The highest BCUT2D eigenvalue weighted by atomic mass is 32.1. The number of esters is 1. The van der Waals surface area contributed by atoms with Crippen LogP contribution in [-0.4, -0.2) is 28.9 Å². The van der Waals surface area contributed by atoms with Gasteiger partial charge in [0.15, 0.2) is 11.2 Å². The Morgan fingerprint density at radius 3 is 2.47 bits per heavy atom. The number of ether oxygens (including phenoxy) is 1. The van der Waals surface area contributed by atoms with Crippen LogP contribution in [-0.2, 0) is 14.3 Å². The molecular weight excluding hydrogens is 422 g/mol. The lowest BCUT2D eigenvalue weighted by Gasteiger charge is -2.13. The Labute approximate surface area is 182 Å². The van der Waals surface area contributed by atoms with Crippen LogP contribution in [0.5, 0.6) is 0 Å². The predicted octanol–water partition coefficient (Wildman–Crippen LogP) is 4.63. The largest absolute Gasteiger partial charge is 0.449 e. The SMILES string of the molecule is CC(=O)Nc1sc(C)c(C)c1C(=O)O[C@@H](C)C(=O)Nc1nc(-c2ccccc2)cs1. The summed E-state index contributed by atoms with van der Waals surface area (Å²) in [6, 6.07) is 9.62. The van der Waals surface area contributed by atoms with Gasteiger partial charge in [-0.2, -0.15) is 0 Å². The van der Waals surface area contributed by atoms with E-state index in [9.17, 15) is 14.4 Å². The number of carbonyl (C=O) groups is 3. The Bertz CT molecular complexity index is 1090. The van der Waals surface area contributed by atoms with Crippen molar-refractivity contribution in [1.82, 2.24) is 4.98 Å². The molecule has 156 valence electrons. The minimum Gasteiger partial charge on any atom is -0.449 e. The highest BCUT2D eigenvalue weighted by Gasteiger charge is 2.26. The fourth-order valence-corrected chi connectivity index (χ4v) is 4.49. The summed E-state index contributed by atoms with van der Waals surface area (Å²) in [6.45, 7) is 6.49. The molecule has 2 heterocycles. The van der Waals surface area contributed by atoms with Crippen LogP contribution in [0.2, 0.25) is 0 Å². The molecule has 2 amide bonds. The van der Waals surface area contributed by atoms with Gasteiger partial charge in [0.25, 0.3) is 5.91 Å². The molecule has 0 saturated carbocycles. The van der Waals surface area contributed by atoms with Gasteiger partial charge in [-0.25, -0.2) is 9.78 Å². The number of nitrogens with zero attached hydrogens (tertiary/aromatic N) is 1. The van der Waals surface area contributed by atoms with E-state index in [-0.39, 0.29) is 11.5 Å². The van der Waals surface area contributed by atoms with Crippen LogP contribution in [0.3, 0.4) is 0 Å². The second-order valence-electron chi connectivity index (χ2n) is 6.61. The summed E-state index contributed by atoms with van der Waals surface area (Å²) in [5.41, 5.74) is 2.69. The van der Waals surface area contributed by atoms with Gasteiger partial charge >= 0.3 is 5.97 Å². The highest BCUT2D eigenvalue weighted by Crippen LogP contribution is 2.33. The first-order valence-corrected chi connectivity index (χ1v) is 10.9. The van der Waals surface area contributed by atoms with Gasteiger partial charge in [0.2, 0.25) is 5.91 Å². The molecule has 2 aromatic heterocycles. The summed E-state index contributed by atoms with van der Waals surface area (Å²) in [7, 11) is 0. The number of hydrogen-bond acceptors (Lipinski definition) is 7. The molecule has 30 heavy (non-hydrogen) atoms. The van der Waals surface area contributed by atoms with E-state index in [1.807, 2.05) is 42.6 Å². The van der Waals surface area contributed by atoms with Crippen LogP contribution in [0.1, 0.15) is 34.6 Å². The molecule has 9 heteroatoms. The van der Waals surface area contributed by atoms with E-state index in [4.69, 9.17) is 4.74 Å². The van der Waals surface area contributed by atoms with Gasteiger partial charge in [0, 0.05) is 22.7 Å². The lowest BCUT2D eigenvalue weighted by Crippen LogP contribution is -2.30. The number of hydrogen-bond donors (Lipinski definition) is 2. The number of rotatable bonds is 6. The molecular formula is C21H21N3O4S2.